The van der Waals surface area contributed by atoms with Crippen LogP contribution in [0.3, 0.4) is 0 Å². The van der Waals surface area contributed by atoms with E-state index in [1.54, 1.807) is 23.5 Å². The van der Waals surface area contributed by atoms with E-state index in [9.17, 15) is 13.2 Å². The molecule has 1 aromatic rings. The molecular formula is C15H24N6O3S. The van der Waals surface area contributed by atoms with Crippen LogP contribution in [-0.2, 0) is 14.8 Å². The lowest BCUT2D eigenvalue weighted by molar-refractivity contribution is -0.133. The molecule has 9 nitrogen and oxygen atoms in total. The van der Waals surface area contributed by atoms with Crippen molar-refractivity contribution < 1.29 is 13.2 Å². The van der Waals surface area contributed by atoms with Gasteiger partial charge in [-0.05, 0) is 0 Å². The van der Waals surface area contributed by atoms with Gasteiger partial charge in [-0.3, -0.25) is 14.7 Å². The molecule has 2 aliphatic rings. The Labute approximate surface area is 148 Å². The number of carbonyl (C=O) groups is 1. The van der Waals surface area contributed by atoms with E-state index in [0.29, 0.717) is 32.7 Å². The second kappa shape index (κ2) is 7.63. The molecule has 10 heteroatoms. The Morgan fingerprint density at radius 1 is 1.04 bits per heavy atom. The van der Waals surface area contributed by atoms with Crippen LogP contribution >= 0.6 is 0 Å². The summed E-state index contributed by atoms with van der Waals surface area (Å²) < 4.78 is 24.5. The number of sulfonamides is 1. The molecule has 3 heterocycles. The first kappa shape index (κ1) is 18.0. The third-order valence-electron chi connectivity index (χ3n) is 4.67. The number of piperazine rings is 2. The van der Waals surface area contributed by atoms with Gasteiger partial charge in [0.2, 0.25) is 15.9 Å². The number of hydrogen-bond donors (Lipinski definition) is 0. The molecule has 0 aromatic carbocycles. The van der Waals surface area contributed by atoms with Crippen molar-refractivity contribution in [3.63, 3.8) is 0 Å². The van der Waals surface area contributed by atoms with Crippen molar-refractivity contribution in [3.8, 4) is 0 Å². The number of carbonyl (C=O) groups excluding carboxylic acids is 1. The van der Waals surface area contributed by atoms with Gasteiger partial charge < -0.3 is 9.80 Å². The third-order valence-corrected chi connectivity index (χ3v) is 5.97. The van der Waals surface area contributed by atoms with E-state index in [-0.39, 0.29) is 5.91 Å². The summed E-state index contributed by atoms with van der Waals surface area (Å²) in [5, 5.41) is 0. The molecule has 1 aromatic heterocycles. The van der Waals surface area contributed by atoms with Gasteiger partial charge in [0, 0.05) is 64.8 Å². The van der Waals surface area contributed by atoms with Gasteiger partial charge in [0.1, 0.15) is 5.82 Å². The highest BCUT2D eigenvalue weighted by atomic mass is 32.2. The number of amides is 1. The minimum Gasteiger partial charge on any atom is -0.353 e. The van der Waals surface area contributed by atoms with Crippen LogP contribution in [0.15, 0.2) is 18.6 Å². The van der Waals surface area contributed by atoms with Crippen molar-refractivity contribution in [2.24, 2.45) is 0 Å². The quantitative estimate of drug-likeness (QED) is 0.653. The van der Waals surface area contributed by atoms with Crippen LogP contribution in [0.1, 0.15) is 0 Å². The van der Waals surface area contributed by atoms with E-state index >= 15 is 0 Å². The fraction of sp³-hybridized carbons (Fsp3) is 0.667. The Morgan fingerprint density at radius 2 is 1.72 bits per heavy atom. The van der Waals surface area contributed by atoms with Crippen LogP contribution < -0.4 is 4.90 Å². The minimum atomic E-state index is -3.17. The van der Waals surface area contributed by atoms with Crippen molar-refractivity contribution in [2.75, 3.05) is 70.1 Å². The molecular weight excluding hydrogens is 344 g/mol. The van der Waals surface area contributed by atoms with E-state index in [4.69, 9.17) is 0 Å². The second-order valence-corrected chi connectivity index (χ2v) is 8.35. The SMILES string of the molecule is CS(=O)(=O)N1CCN(C(=O)CN2CCN(c3cnccn3)CC2)CC1. The largest absolute Gasteiger partial charge is 0.353 e. The van der Waals surface area contributed by atoms with E-state index < -0.39 is 10.0 Å². The van der Waals surface area contributed by atoms with Crippen molar-refractivity contribution in [2.45, 2.75) is 0 Å². The van der Waals surface area contributed by atoms with Gasteiger partial charge in [0.15, 0.2) is 0 Å². The van der Waals surface area contributed by atoms with Crippen LogP contribution in [0.25, 0.3) is 0 Å². The highest BCUT2D eigenvalue weighted by Gasteiger charge is 2.27. The molecule has 2 saturated heterocycles. The van der Waals surface area contributed by atoms with E-state index in [2.05, 4.69) is 19.8 Å². The highest BCUT2D eigenvalue weighted by Crippen LogP contribution is 2.12. The Hall–Kier alpha value is -1.78. The lowest BCUT2D eigenvalue weighted by Gasteiger charge is -2.37. The normalized spacial score (nSPS) is 20.7. The van der Waals surface area contributed by atoms with Gasteiger partial charge in [-0.1, -0.05) is 0 Å². The van der Waals surface area contributed by atoms with Crippen LogP contribution in [0.4, 0.5) is 5.82 Å². The number of hydrogen-bond acceptors (Lipinski definition) is 7. The fourth-order valence-corrected chi connectivity index (χ4v) is 3.98. The molecule has 0 saturated carbocycles. The third kappa shape index (κ3) is 4.65. The topological polar surface area (TPSA) is 90.0 Å². The summed E-state index contributed by atoms with van der Waals surface area (Å²) in [5.74, 6) is 0.937. The molecule has 0 unspecified atom stereocenters. The zero-order valence-corrected chi connectivity index (χ0v) is 15.2. The monoisotopic (exact) mass is 368 g/mol. The van der Waals surface area contributed by atoms with Gasteiger partial charge in [0.25, 0.3) is 0 Å². The van der Waals surface area contributed by atoms with Gasteiger partial charge in [-0.2, -0.15) is 4.31 Å². The smallest absolute Gasteiger partial charge is 0.236 e. The van der Waals surface area contributed by atoms with Crippen molar-refractivity contribution >= 4 is 21.7 Å². The van der Waals surface area contributed by atoms with E-state index in [0.717, 1.165) is 32.0 Å². The lowest BCUT2D eigenvalue weighted by Crippen LogP contribution is -2.54. The Morgan fingerprint density at radius 3 is 2.28 bits per heavy atom. The summed E-state index contributed by atoms with van der Waals surface area (Å²) in [6.07, 6.45) is 6.30. The zero-order chi connectivity index (χ0) is 17.9. The predicted molar refractivity (Wildman–Crippen MR) is 93.7 cm³/mol. The molecule has 1 amide bonds. The molecule has 0 atom stereocenters. The summed E-state index contributed by atoms with van der Waals surface area (Å²) in [6.45, 7) is 5.29. The summed E-state index contributed by atoms with van der Waals surface area (Å²) in [6, 6.07) is 0. The maximum Gasteiger partial charge on any atom is 0.236 e. The van der Waals surface area contributed by atoms with Gasteiger partial charge >= 0.3 is 0 Å². The minimum absolute atomic E-state index is 0.0705. The first-order chi connectivity index (χ1) is 11.9. The molecule has 0 spiro atoms. The number of anilines is 1. The number of aromatic nitrogens is 2. The van der Waals surface area contributed by atoms with E-state index in [1.165, 1.54) is 10.6 Å². The summed E-state index contributed by atoms with van der Waals surface area (Å²) in [5.41, 5.74) is 0. The molecule has 2 fully saturated rings. The zero-order valence-electron chi connectivity index (χ0n) is 14.4. The van der Waals surface area contributed by atoms with Crippen LogP contribution in [0.5, 0.6) is 0 Å². The average Bonchev–Trinajstić information content (AvgIpc) is 2.62. The standard InChI is InChI=1S/C15H24N6O3S/c1-25(23,24)21-10-8-20(9-11-21)15(22)13-18-4-6-19(7-5-18)14-12-16-2-3-17-14/h2-3,12H,4-11,13H2,1H3. The number of rotatable bonds is 4. The van der Waals surface area contributed by atoms with E-state index in [1.807, 2.05) is 0 Å². The Balaban J connectivity index is 1.44. The molecule has 0 bridgehead atoms. The first-order valence-electron chi connectivity index (χ1n) is 8.40. The summed E-state index contributed by atoms with van der Waals surface area (Å²) in [4.78, 5) is 26.9. The molecule has 0 radical (unpaired) electrons. The summed E-state index contributed by atoms with van der Waals surface area (Å²) >= 11 is 0. The maximum atomic E-state index is 12.5. The fourth-order valence-electron chi connectivity index (χ4n) is 3.15. The van der Waals surface area contributed by atoms with Gasteiger partial charge in [-0.25, -0.2) is 13.4 Å². The molecule has 0 N–H and O–H groups in total. The van der Waals surface area contributed by atoms with Crippen molar-refractivity contribution in [3.05, 3.63) is 18.6 Å². The van der Waals surface area contributed by atoms with Crippen LogP contribution in [-0.4, -0.2) is 104 Å². The van der Waals surface area contributed by atoms with Crippen LogP contribution in [0, 0.1) is 0 Å². The summed E-state index contributed by atoms with van der Waals surface area (Å²) in [7, 11) is -3.17. The Bertz CT molecular complexity index is 682. The molecule has 0 aliphatic carbocycles. The highest BCUT2D eigenvalue weighted by molar-refractivity contribution is 7.88. The molecule has 3 rings (SSSR count). The average molecular weight is 368 g/mol. The number of nitrogens with zero attached hydrogens (tertiary/aromatic N) is 6. The van der Waals surface area contributed by atoms with Gasteiger partial charge in [0.05, 0.1) is 19.0 Å². The maximum absolute atomic E-state index is 12.5. The molecule has 138 valence electrons. The van der Waals surface area contributed by atoms with Crippen molar-refractivity contribution in [1.82, 2.24) is 24.1 Å². The van der Waals surface area contributed by atoms with Crippen molar-refractivity contribution in [1.29, 1.82) is 0 Å². The van der Waals surface area contributed by atoms with Gasteiger partial charge in [-0.15, -0.1) is 0 Å². The van der Waals surface area contributed by atoms with Crippen LogP contribution in [0.2, 0.25) is 0 Å². The predicted octanol–water partition coefficient (Wildman–Crippen LogP) is -1.30. The second-order valence-electron chi connectivity index (χ2n) is 6.37. The molecule has 2 aliphatic heterocycles. The first-order valence-corrected chi connectivity index (χ1v) is 10.2. The Kier molecular flexibility index (Phi) is 5.50. The lowest BCUT2D eigenvalue weighted by atomic mass is 10.3. The molecule has 25 heavy (non-hydrogen) atoms.